The molecule has 0 aromatic rings. The lowest BCUT2D eigenvalue weighted by Crippen LogP contribution is -2.39. The molecule has 0 saturated heterocycles. The molecule has 1 fully saturated rings. The van der Waals surface area contributed by atoms with Gasteiger partial charge in [-0.3, -0.25) is 0 Å². The van der Waals surface area contributed by atoms with Crippen LogP contribution in [0.5, 0.6) is 0 Å². The van der Waals surface area contributed by atoms with Gasteiger partial charge in [-0.05, 0) is 31.1 Å². The maximum absolute atomic E-state index is 11.0. The van der Waals surface area contributed by atoms with E-state index in [1.54, 1.807) is 0 Å². The fourth-order valence-electron chi connectivity index (χ4n) is 2.29. The van der Waals surface area contributed by atoms with E-state index in [1.807, 2.05) is 0 Å². The van der Waals surface area contributed by atoms with Crippen LogP contribution < -0.4 is 5.32 Å². The normalized spacial score (nSPS) is 33.9. The highest BCUT2D eigenvalue weighted by Crippen LogP contribution is 2.28. The Hall–Kier alpha value is -0.730. The summed E-state index contributed by atoms with van der Waals surface area (Å²) in [6.07, 6.45) is 3.14. The molecule has 1 N–H and O–H groups in total. The van der Waals surface area contributed by atoms with Crippen molar-refractivity contribution in [2.75, 3.05) is 7.11 Å². The molecule has 0 radical (unpaired) electrons. The molecule has 13 heavy (non-hydrogen) atoms. The number of hydrogen-bond acceptors (Lipinski definition) is 2. The lowest BCUT2D eigenvalue weighted by Gasteiger charge is -2.31. The highest BCUT2D eigenvalue weighted by Gasteiger charge is 2.24. The van der Waals surface area contributed by atoms with Crippen molar-refractivity contribution in [2.24, 2.45) is 11.8 Å². The molecule has 1 saturated carbocycles. The Morgan fingerprint density at radius 3 is 2.23 bits per heavy atom. The molecule has 1 amide bonds. The Morgan fingerprint density at radius 1 is 1.23 bits per heavy atom. The Labute approximate surface area is 79.8 Å². The molecular formula is C10H19NO2. The number of carbonyl (C=O) groups is 1. The fraction of sp³-hybridized carbons (Fsp3) is 0.900. The fourth-order valence-corrected chi connectivity index (χ4v) is 2.29. The summed E-state index contributed by atoms with van der Waals surface area (Å²) in [7, 11) is 1.41. The van der Waals surface area contributed by atoms with Crippen molar-refractivity contribution in [2.45, 2.75) is 39.2 Å². The van der Waals surface area contributed by atoms with Crippen LogP contribution in [-0.4, -0.2) is 19.2 Å². The van der Waals surface area contributed by atoms with Gasteiger partial charge in [-0.25, -0.2) is 4.79 Å². The third kappa shape index (κ3) is 3.25. The molecule has 3 nitrogen and oxygen atoms in total. The van der Waals surface area contributed by atoms with Gasteiger partial charge in [0, 0.05) is 6.04 Å². The van der Waals surface area contributed by atoms with Gasteiger partial charge in [-0.2, -0.15) is 0 Å². The van der Waals surface area contributed by atoms with Crippen LogP contribution in [0.15, 0.2) is 0 Å². The number of carbonyl (C=O) groups excluding carboxylic acids is 1. The maximum Gasteiger partial charge on any atom is 0.407 e. The number of methoxy groups -OCH3 is 1. The second kappa shape index (κ2) is 4.49. The van der Waals surface area contributed by atoms with Crippen LogP contribution in [0.3, 0.4) is 0 Å². The minimum absolute atomic E-state index is 0.300. The first-order valence-electron chi connectivity index (χ1n) is 4.96. The predicted molar refractivity (Wildman–Crippen MR) is 51.5 cm³/mol. The number of rotatable bonds is 1. The summed E-state index contributed by atoms with van der Waals surface area (Å²) in [5.74, 6) is 1.43. The highest BCUT2D eigenvalue weighted by molar-refractivity contribution is 5.67. The van der Waals surface area contributed by atoms with Gasteiger partial charge in [0.2, 0.25) is 0 Å². The smallest absolute Gasteiger partial charge is 0.407 e. The largest absolute Gasteiger partial charge is 0.453 e. The van der Waals surface area contributed by atoms with Gasteiger partial charge in [0.1, 0.15) is 0 Å². The van der Waals surface area contributed by atoms with Crippen molar-refractivity contribution in [3.8, 4) is 0 Å². The molecule has 0 aliphatic heterocycles. The number of nitrogens with one attached hydrogen (secondary N) is 1. The van der Waals surface area contributed by atoms with Crippen molar-refractivity contribution in [3.63, 3.8) is 0 Å². The molecule has 0 aromatic carbocycles. The second-order valence-electron chi connectivity index (χ2n) is 4.25. The Bertz CT molecular complexity index is 172. The quantitative estimate of drug-likeness (QED) is 0.680. The standard InChI is InChI=1S/C10H19NO2/c1-7-4-8(2)6-9(5-7)11-10(12)13-3/h7-9H,4-6H2,1-3H3,(H,11,12). The molecule has 0 spiro atoms. The molecule has 0 aromatic heterocycles. The molecule has 2 unspecified atom stereocenters. The van der Waals surface area contributed by atoms with Gasteiger partial charge in [0.15, 0.2) is 0 Å². The average Bonchev–Trinajstić information content (AvgIpc) is 2.02. The van der Waals surface area contributed by atoms with Crippen molar-refractivity contribution >= 4 is 6.09 Å². The number of alkyl carbamates (subject to hydrolysis) is 1. The van der Waals surface area contributed by atoms with Crippen molar-refractivity contribution in [1.82, 2.24) is 5.32 Å². The second-order valence-corrected chi connectivity index (χ2v) is 4.25. The lowest BCUT2D eigenvalue weighted by atomic mass is 9.80. The summed E-state index contributed by atoms with van der Waals surface area (Å²) in [5.41, 5.74) is 0. The van der Waals surface area contributed by atoms with Gasteiger partial charge in [0.05, 0.1) is 7.11 Å². The SMILES string of the molecule is COC(=O)NC1CC(C)CC(C)C1. The zero-order valence-electron chi connectivity index (χ0n) is 8.67. The summed E-state index contributed by atoms with van der Waals surface area (Å²) in [6, 6.07) is 0.311. The average molecular weight is 185 g/mol. The molecule has 1 rings (SSSR count). The third-order valence-electron chi connectivity index (χ3n) is 2.69. The summed E-state index contributed by atoms with van der Waals surface area (Å²) < 4.78 is 4.57. The predicted octanol–water partition coefficient (Wildman–Crippen LogP) is 2.17. The molecule has 1 aliphatic carbocycles. The first-order valence-corrected chi connectivity index (χ1v) is 4.96. The van der Waals surface area contributed by atoms with Gasteiger partial charge in [-0.1, -0.05) is 13.8 Å². The van der Waals surface area contributed by atoms with E-state index in [0.29, 0.717) is 17.9 Å². The Morgan fingerprint density at radius 2 is 1.77 bits per heavy atom. The lowest BCUT2D eigenvalue weighted by molar-refractivity contribution is 0.155. The van der Waals surface area contributed by atoms with Crippen LogP contribution in [0.4, 0.5) is 4.79 Å². The van der Waals surface area contributed by atoms with Crippen LogP contribution in [0.2, 0.25) is 0 Å². The minimum Gasteiger partial charge on any atom is -0.453 e. The topological polar surface area (TPSA) is 38.3 Å². The van der Waals surface area contributed by atoms with E-state index in [1.165, 1.54) is 13.5 Å². The molecule has 3 heteroatoms. The minimum atomic E-state index is -0.300. The first kappa shape index (κ1) is 10.4. The number of amides is 1. The van der Waals surface area contributed by atoms with E-state index in [9.17, 15) is 4.79 Å². The summed E-state index contributed by atoms with van der Waals surface area (Å²) in [4.78, 5) is 11.0. The van der Waals surface area contributed by atoms with Crippen LogP contribution in [0.1, 0.15) is 33.1 Å². The van der Waals surface area contributed by atoms with Crippen LogP contribution in [0.25, 0.3) is 0 Å². The Balaban J connectivity index is 2.37. The van der Waals surface area contributed by atoms with Gasteiger partial charge >= 0.3 is 6.09 Å². The van der Waals surface area contributed by atoms with E-state index in [4.69, 9.17) is 0 Å². The van der Waals surface area contributed by atoms with E-state index >= 15 is 0 Å². The summed E-state index contributed by atoms with van der Waals surface area (Å²) >= 11 is 0. The van der Waals surface area contributed by atoms with Crippen LogP contribution in [-0.2, 0) is 4.74 Å². The summed E-state index contributed by atoms with van der Waals surface area (Å²) in [6.45, 7) is 4.48. The molecule has 0 bridgehead atoms. The molecule has 0 heterocycles. The van der Waals surface area contributed by atoms with Crippen molar-refractivity contribution in [3.05, 3.63) is 0 Å². The monoisotopic (exact) mass is 185 g/mol. The van der Waals surface area contributed by atoms with E-state index < -0.39 is 0 Å². The van der Waals surface area contributed by atoms with Crippen LogP contribution >= 0.6 is 0 Å². The zero-order chi connectivity index (χ0) is 9.84. The van der Waals surface area contributed by atoms with Crippen molar-refractivity contribution in [1.29, 1.82) is 0 Å². The van der Waals surface area contributed by atoms with Gasteiger partial charge in [0.25, 0.3) is 0 Å². The number of ether oxygens (including phenoxy) is 1. The first-order chi connectivity index (χ1) is 6.11. The third-order valence-corrected chi connectivity index (χ3v) is 2.69. The zero-order valence-corrected chi connectivity index (χ0v) is 8.67. The molecule has 2 atom stereocenters. The summed E-state index contributed by atoms with van der Waals surface area (Å²) in [5, 5.41) is 2.87. The van der Waals surface area contributed by atoms with Crippen molar-refractivity contribution < 1.29 is 9.53 Å². The Kier molecular flexibility index (Phi) is 3.58. The maximum atomic E-state index is 11.0. The number of hydrogen-bond donors (Lipinski definition) is 1. The van der Waals surface area contributed by atoms with E-state index in [0.717, 1.165) is 12.8 Å². The molecular weight excluding hydrogens is 166 g/mol. The molecule has 1 aliphatic rings. The van der Waals surface area contributed by atoms with Gasteiger partial charge in [-0.15, -0.1) is 0 Å². The van der Waals surface area contributed by atoms with E-state index in [2.05, 4.69) is 23.9 Å². The van der Waals surface area contributed by atoms with E-state index in [-0.39, 0.29) is 6.09 Å². The highest BCUT2D eigenvalue weighted by atomic mass is 16.5. The van der Waals surface area contributed by atoms with Crippen LogP contribution in [0, 0.1) is 11.8 Å². The van der Waals surface area contributed by atoms with Gasteiger partial charge < -0.3 is 10.1 Å². The molecule has 76 valence electrons.